The van der Waals surface area contributed by atoms with Crippen LogP contribution in [-0.2, 0) is 4.79 Å². The van der Waals surface area contributed by atoms with Gasteiger partial charge in [-0.1, -0.05) is 0 Å². The van der Waals surface area contributed by atoms with Crippen molar-refractivity contribution in [1.29, 1.82) is 0 Å². The number of likely N-dealkylation sites (N-methyl/N-ethyl adjacent to an activating group) is 2. The molecule has 0 aliphatic rings. The molecule has 134 valence electrons. The number of benzene rings is 1. The highest BCUT2D eigenvalue weighted by atomic mass is 16.6. The lowest BCUT2D eigenvalue weighted by Crippen LogP contribution is -3.12. The maximum Gasteiger partial charge on any atom is 0.275 e. The Hall–Kier alpha value is -2.81. The molecule has 0 saturated carbocycles. The van der Waals surface area contributed by atoms with Crippen LogP contribution >= 0.6 is 0 Å². The predicted molar refractivity (Wildman–Crippen MR) is 89.9 cm³/mol. The van der Waals surface area contributed by atoms with Crippen molar-refractivity contribution in [2.24, 2.45) is 0 Å². The lowest BCUT2D eigenvalue weighted by atomic mass is 10.2. The Morgan fingerprint density at radius 2 is 2.00 bits per heavy atom. The van der Waals surface area contributed by atoms with Crippen molar-refractivity contribution >= 4 is 11.6 Å². The Balaban J connectivity index is 2.13. The summed E-state index contributed by atoms with van der Waals surface area (Å²) in [5, 5.41) is 21.6. The summed E-state index contributed by atoms with van der Waals surface area (Å²) in [6.07, 6.45) is 0. The Labute approximate surface area is 145 Å². The number of carbonyl (C=O) groups is 1. The van der Waals surface area contributed by atoms with Crippen LogP contribution in [0.2, 0.25) is 0 Å². The van der Waals surface area contributed by atoms with E-state index >= 15 is 0 Å². The van der Waals surface area contributed by atoms with Crippen LogP contribution in [0.5, 0.6) is 0 Å². The Morgan fingerprint density at radius 3 is 2.56 bits per heavy atom. The minimum atomic E-state index is -0.463. The molecule has 2 atom stereocenters. The van der Waals surface area contributed by atoms with Crippen molar-refractivity contribution in [3.8, 4) is 11.5 Å². The fraction of sp³-hybridized carbons (Fsp3) is 0.438. The molecule has 0 saturated heterocycles. The Morgan fingerprint density at radius 1 is 1.32 bits per heavy atom. The van der Waals surface area contributed by atoms with Gasteiger partial charge in [-0.25, -0.2) is 0 Å². The number of nitrogens with one attached hydrogen (secondary N) is 2. The van der Waals surface area contributed by atoms with Gasteiger partial charge in [-0.05, 0) is 32.9 Å². The SMILES string of the molecule is CCNC(=O)C[NH+](CC)[C@H](C)c1nnc(-c2ccc([N+](=O)[O-])cc2)o1. The summed E-state index contributed by atoms with van der Waals surface area (Å²) in [6, 6.07) is 5.77. The summed E-state index contributed by atoms with van der Waals surface area (Å²) in [7, 11) is 0. The molecule has 2 rings (SSSR count). The molecule has 1 aromatic carbocycles. The van der Waals surface area contributed by atoms with Gasteiger partial charge in [0.15, 0.2) is 12.6 Å². The summed E-state index contributed by atoms with van der Waals surface area (Å²) in [6.45, 7) is 7.43. The number of nitro benzene ring substituents is 1. The number of nitro groups is 1. The van der Waals surface area contributed by atoms with Gasteiger partial charge >= 0.3 is 0 Å². The highest BCUT2D eigenvalue weighted by Crippen LogP contribution is 2.22. The second kappa shape index (κ2) is 8.34. The number of nitrogens with zero attached hydrogens (tertiary/aromatic N) is 3. The van der Waals surface area contributed by atoms with E-state index < -0.39 is 4.92 Å². The van der Waals surface area contributed by atoms with Crippen LogP contribution in [0.3, 0.4) is 0 Å². The number of aromatic nitrogens is 2. The van der Waals surface area contributed by atoms with Gasteiger partial charge in [-0.15, -0.1) is 10.2 Å². The fourth-order valence-electron chi connectivity index (χ4n) is 2.48. The zero-order valence-corrected chi connectivity index (χ0v) is 14.5. The summed E-state index contributed by atoms with van der Waals surface area (Å²) in [5.41, 5.74) is 0.610. The molecule has 0 aliphatic heterocycles. The lowest BCUT2D eigenvalue weighted by Gasteiger charge is -2.21. The third-order valence-corrected chi connectivity index (χ3v) is 3.96. The number of hydrogen-bond acceptors (Lipinski definition) is 6. The first-order chi connectivity index (χ1) is 12.0. The number of hydrogen-bond donors (Lipinski definition) is 2. The third-order valence-electron chi connectivity index (χ3n) is 3.96. The van der Waals surface area contributed by atoms with Gasteiger partial charge < -0.3 is 14.6 Å². The first-order valence-electron chi connectivity index (χ1n) is 8.15. The van der Waals surface area contributed by atoms with Gasteiger partial charge in [-0.3, -0.25) is 14.9 Å². The second-order valence-electron chi connectivity index (χ2n) is 5.61. The molecule has 2 aromatic rings. The van der Waals surface area contributed by atoms with E-state index in [-0.39, 0.29) is 17.6 Å². The molecule has 9 nitrogen and oxygen atoms in total. The molecule has 0 fully saturated rings. The molecule has 2 N–H and O–H groups in total. The molecular formula is C16H22N5O4+. The van der Waals surface area contributed by atoms with Gasteiger partial charge in [0.2, 0.25) is 5.89 Å². The maximum atomic E-state index is 11.8. The monoisotopic (exact) mass is 348 g/mol. The van der Waals surface area contributed by atoms with Crippen molar-refractivity contribution in [3.63, 3.8) is 0 Å². The van der Waals surface area contributed by atoms with Crippen LogP contribution in [0.25, 0.3) is 11.5 Å². The first-order valence-corrected chi connectivity index (χ1v) is 8.15. The summed E-state index contributed by atoms with van der Waals surface area (Å²) < 4.78 is 5.71. The molecule has 0 bridgehead atoms. The van der Waals surface area contributed by atoms with Crippen LogP contribution in [0.15, 0.2) is 28.7 Å². The molecule has 1 heterocycles. The van der Waals surface area contributed by atoms with Gasteiger partial charge in [0.25, 0.3) is 17.5 Å². The summed E-state index contributed by atoms with van der Waals surface area (Å²) >= 11 is 0. The maximum absolute atomic E-state index is 11.8. The third kappa shape index (κ3) is 4.60. The molecule has 9 heteroatoms. The van der Waals surface area contributed by atoms with Crippen LogP contribution in [0.4, 0.5) is 5.69 Å². The van der Waals surface area contributed by atoms with E-state index in [2.05, 4.69) is 15.5 Å². The van der Waals surface area contributed by atoms with E-state index in [1.54, 1.807) is 12.1 Å². The second-order valence-corrected chi connectivity index (χ2v) is 5.61. The van der Waals surface area contributed by atoms with E-state index in [0.717, 1.165) is 11.4 Å². The lowest BCUT2D eigenvalue weighted by molar-refractivity contribution is -0.921. The van der Waals surface area contributed by atoms with E-state index in [1.165, 1.54) is 12.1 Å². The van der Waals surface area contributed by atoms with E-state index in [4.69, 9.17) is 4.42 Å². The molecule has 0 spiro atoms. The largest absolute Gasteiger partial charge is 0.415 e. The van der Waals surface area contributed by atoms with Crippen molar-refractivity contribution in [2.75, 3.05) is 19.6 Å². The average Bonchev–Trinajstić information content (AvgIpc) is 3.09. The quantitative estimate of drug-likeness (QED) is 0.537. The van der Waals surface area contributed by atoms with Crippen LogP contribution in [0, 0.1) is 10.1 Å². The van der Waals surface area contributed by atoms with E-state index in [9.17, 15) is 14.9 Å². The van der Waals surface area contributed by atoms with Crippen molar-refractivity contribution in [3.05, 3.63) is 40.3 Å². The van der Waals surface area contributed by atoms with Crippen LogP contribution in [0.1, 0.15) is 32.7 Å². The van der Waals surface area contributed by atoms with Crippen LogP contribution in [-0.4, -0.2) is 40.7 Å². The highest BCUT2D eigenvalue weighted by Gasteiger charge is 2.26. The standard InChI is InChI=1S/C16H21N5O4/c1-4-17-14(22)10-20(5-2)11(3)15-18-19-16(25-15)12-6-8-13(9-7-12)21(23)24/h6-9,11H,4-5,10H2,1-3H3,(H,17,22)/p+1/t11-/m1/s1. The number of quaternary nitrogens is 1. The van der Waals surface area contributed by atoms with Crippen LogP contribution < -0.4 is 10.2 Å². The predicted octanol–water partition coefficient (Wildman–Crippen LogP) is 0.747. The topological polar surface area (TPSA) is 116 Å². The number of rotatable bonds is 8. The fourth-order valence-corrected chi connectivity index (χ4v) is 2.48. The number of carbonyl (C=O) groups excluding carboxylic acids is 1. The minimum absolute atomic E-state index is 0.000367. The first kappa shape index (κ1) is 18.5. The van der Waals surface area contributed by atoms with Gasteiger partial charge in [0.05, 0.1) is 11.5 Å². The minimum Gasteiger partial charge on any atom is -0.415 e. The van der Waals surface area contributed by atoms with Crippen molar-refractivity contribution in [1.82, 2.24) is 15.5 Å². The highest BCUT2D eigenvalue weighted by molar-refractivity contribution is 5.76. The zero-order valence-electron chi connectivity index (χ0n) is 14.5. The number of amides is 1. The normalized spacial score (nSPS) is 13.2. The molecule has 1 aromatic heterocycles. The van der Waals surface area contributed by atoms with Crippen molar-refractivity contribution < 1.29 is 19.0 Å². The Bertz CT molecular complexity index is 728. The number of non-ortho nitro benzene ring substituents is 1. The smallest absolute Gasteiger partial charge is 0.275 e. The molecular weight excluding hydrogens is 326 g/mol. The molecule has 0 aliphatic carbocycles. The van der Waals surface area contributed by atoms with E-state index in [0.29, 0.717) is 30.4 Å². The molecule has 1 amide bonds. The average molecular weight is 348 g/mol. The molecule has 0 radical (unpaired) electrons. The summed E-state index contributed by atoms with van der Waals surface area (Å²) in [4.78, 5) is 23.1. The summed E-state index contributed by atoms with van der Waals surface area (Å²) in [5.74, 6) is 0.695. The van der Waals surface area contributed by atoms with Crippen molar-refractivity contribution in [2.45, 2.75) is 26.8 Å². The van der Waals surface area contributed by atoms with E-state index in [1.807, 2.05) is 20.8 Å². The Kier molecular flexibility index (Phi) is 6.18. The van der Waals surface area contributed by atoms with Gasteiger partial charge in [0.1, 0.15) is 0 Å². The van der Waals surface area contributed by atoms with Gasteiger partial charge in [-0.2, -0.15) is 0 Å². The van der Waals surface area contributed by atoms with Gasteiger partial charge in [0, 0.05) is 24.2 Å². The molecule has 25 heavy (non-hydrogen) atoms. The zero-order chi connectivity index (χ0) is 18.4. The molecule has 1 unspecified atom stereocenters.